The average Bonchev–Trinajstić information content (AvgIpc) is 2.38. The predicted octanol–water partition coefficient (Wildman–Crippen LogP) is 3.26. The number of rotatable bonds is 3. The molecule has 0 saturated heterocycles. The molecule has 0 aliphatic heterocycles. The summed E-state index contributed by atoms with van der Waals surface area (Å²) in [7, 11) is 0. The van der Waals surface area contributed by atoms with Gasteiger partial charge in [0.1, 0.15) is 5.60 Å². The fraction of sp³-hybridized carbons (Fsp3) is 0.667. The second kappa shape index (κ2) is 5.10. The van der Waals surface area contributed by atoms with Gasteiger partial charge in [-0.3, -0.25) is 5.26 Å². The van der Waals surface area contributed by atoms with Crippen LogP contribution in [0.2, 0.25) is 0 Å². The molecule has 2 aliphatic rings. The van der Waals surface area contributed by atoms with Gasteiger partial charge in [-0.25, -0.2) is 9.68 Å². The van der Waals surface area contributed by atoms with Crippen LogP contribution in [0.3, 0.4) is 0 Å². The normalized spacial score (nSPS) is 38.3. The largest absolute Gasteiger partial charge is 0.478 e. The van der Waals surface area contributed by atoms with Crippen molar-refractivity contribution >= 4 is 5.97 Å². The number of carboxylic acid groups (broad SMARTS) is 1. The van der Waals surface area contributed by atoms with Gasteiger partial charge in [0.2, 0.25) is 0 Å². The highest BCUT2D eigenvalue weighted by Gasteiger charge is 2.41. The van der Waals surface area contributed by atoms with E-state index in [0.29, 0.717) is 11.8 Å². The van der Waals surface area contributed by atoms with E-state index in [1.54, 1.807) is 0 Å². The van der Waals surface area contributed by atoms with Gasteiger partial charge in [-0.15, -0.1) is 0 Å². The van der Waals surface area contributed by atoms with Crippen LogP contribution in [-0.2, 0) is 9.68 Å². The van der Waals surface area contributed by atoms with E-state index in [4.69, 9.17) is 5.26 Å². The Morgan fingerprint density at radius 1 is 1.47 bits per heavy atom. The molecule has 0 radical (unpaired) electrons. The first-order valence-electron chi connectivity index (χ1n) is 6.85. The smallest absolute Gasteiger partial charge is 0.331 e. The number of fused-ring (bicyclic) bond motifs is 1. The molecule has 2 aliphatic carbocycles. The molecule has 4 heteroatoms. The predicted molar refractivity (Wildman–Crippen MR) is 71.6 cm³/mol. The van der Waals surface area contributed by atoms with Crippen molar-refractivity contribution in [2.24, 2.45) is 17.8 Å². The lowest BCUT2D eigenvalue weighted by atomic mass is 9.63. The van der Waals surface area contributed by atoms with Gasteiger partial charge in [-0.05, 0) is 50.5 Å². The van der Waals surface area contributed by atoms with Crippen molar-refractivity contribution < 1.29 is 20.0 Å². The van der Waals surface area contributed by atoms with Crippen molar-refractivity contribution in [3.63, 3.8) is 0 Å². The summed E-state index contributed by atoms with van der Waals surface area (Å²) in [5.41, 5.74) is 0.652. The van der Waals surface area contributed by atoms with Gasteiger partial charge in [0.25, 0.3) is 0 Å². The van der Waals surface area contributed by atoms with Gasteiger partial charge in [0, 0.05) is 11.5 Å². The second-order valence-corrected chi connectivity index (χ2v) is 6.13. The fourth-order valence-corrected chi connectivity index (χ4v) is 3.51. The molecule has 2 N–H and O–H groups in total. The highest BCUT2D eigenvalue weighted by atomic mass is 17.1. The maximum absolute atomic E-state index is 11.2. The molecule has 0 aromatic rings. The van der Waals surface area contributed by atoms with Crippen LogP contribution < -0.4 is 0 Å². The van der Waals surface area contributed by atoms with Gasteiger partial charge < -0.3 is 5.11 Å². The summed E-state index contributed by atoms with van der Waals surface area (Å²) in [6.45, 7) is 7.76. The summed E-state index contributed by atoms with van der Waals surface area (Å²) in [6, 6.07) is 0. The van der Waals surface area contributed by atoms with Gasteiger partial charge >= 0.3 is 5.97 Å². The molecule has 106 valence electrons. The molecule has 1 saturated carbocycles. The Hall–Kier alpha value is -1.13. The minimum Gasteiger partial charge on any atom is -0.478 e. The fourth-order valence-electron chi connectivity index (χ4n) is 3.51. The third-order valence-electron chi connectivity index (χ3n) is 4.76. The lowest BCUT2D eigenvalue weighted by Crippen LogP contribution is -2.38. The molecule has 2 rings (SSSR count). The van der Waals surface area contributed by atoms with Crippen LogP contribution in [0.5, 0.6) is 0 Å². The Morgan fingerprint density at radius 3 is 2.74 bits per heavy atom. The summed E-state index contributed by atoms with van der Waals surface area (Å²) in [6.07, 6.45) is 5.45. The molecule has 4 nitrogen and oxygen atoms in total. The van der Waals surface area contributed by atoms with Gasteiger partial charge in [-0.2, -0.15) is 0 Å². The summed E-state index contributed by atoms with van der Waals surface area (Å²) in [5, 5.41) is 18.2. The molecule has 0 heterocycles. The molecule has 0 amide bonds. The maximum Gasteiger partial charge on any atom is 0.331 e. The third kappa shape index (κ3) is 2.60. The van der Waals surface area contributed by atoms with Crippen LogP contribution in [0.25, 0.3) is 0 Å². The Balaban J connectivity index is 2.36. The minimum atomic E-state index is -0.934. The first kappa shape index (κ1) is 14.3. The Kier molecular flexibility index (Phi) is 3.83. The van der Waals surface area contributed by atoms with Gasteiger partial charge in [0.15, 0.2) is 0 Å². The standard InChI is InChI=1S/C15H22O4/c1-9-4-5-12(10(2)14(16)17)13-8-15(3,19-18)7-6-11(9)13/h8-9,11-12,18H,2,4-7H2,1,3H3,(H,16,17)/t9-,11+,12+,15-/m1/s1. The second-order valence-electron chi connectivity index (χ2n) is 6.13. The zero-order valence-corrected chi connectivity index (χ0v) is 11.6. The van der Waals surface area contributed by atoms with Crippen LogP contribution in [0, 0.1) is 17.8 Å². The lowest BCUT2D eigenvalue weighted by Gasteiger charge is -2.43. The maximum atomic E-state index is 11.2. The SMILES string of the molecule is C=C(C(=O)O)[C@@H]1CC[C@@H](C)[C@@H]2CC[C@@](C)(OO)C=C12. The first-order valence-corrected chi connectivity index (χ1v) is 6.85. The average molecular weight is 266 g/mol. The van der Waals surface area contributed by atoms with Crippen LogP contribution in [0.15, 0.2) is 23.8 Å². The number of carboxylic acids is 1. The number of aliphatic carboxylic acids is 1. The summed E-state index contributed by atoms with van der Waals surface area (Å²) < 4.78 is 0. The Morgan fingerprint density at radius 2 is 2.16 bits per heavy atom. The van der Waals surface area contributed by atoms with E-state index in [9.17, 15) is 9.90 Å². The molecular weight excluding hydrogens is 244 g/mol. The van der Waals surface area contributed by atoms with E-state index in [1.165, 1.54) is 0 Å². The quantitative estimate of drug-likeness (QED) is 0.356. The number of hydrogen-bond donors (Lipinski definition) is 2. The topological polar surface area (TPSA) is 66.8 Å². The van der Waals surface area contributed by atoms with E-state index in [0.717, 1.165) is 31.3 Å². The number of allylic oxidation sites excluding steroid dienone is 1. The molecule has 0 bridgehead atoms. The van der Waals surface area contributed by atoms with Crippen LogP contribution in [0.1, 0.15) is 39.5 Å². The molecule has 19 heavy (non-hydrogen) atoms. The molecule has 0 unspecified atom stereocenters. The van der Waals surface area contributed by atoms with Crippen LogP contribution in [0.4, 0.5) is 0 Å². The van der Waals surface area contributed by atoms with Crippen molar-refractivity contribution in [2.75, 3.05) is 0 Å². The van der Waals surface area contributed by atoms with Crippen molar-refractivity contribution in [1.82, 2.24) is 0 Å². The molecule has 1 fully saturated rings. The van der Waals surface area contributed by atoms with Gasteiger partial charge in [-0.1, -0.05) is 19.1 Å². The minimum absolute atomic E-state index is 0.117. The van der Waals surface area contributed by atoms with Crippen LogP contribution >= 0.6 is 0 Å². The zero-order chi connectivity index (χ0) is 14.2. The monoisotopic (exact) mass is 266 g/mol. The Bertz CT molecular complexity index is 426. The van der Waals surface area contributed by atoms with E-state index >= 15 is 0 Å². The number of carbonyl (C=O) groups is 1. The van der Waals surface area contributed by atoms with Crippen molar-refractivity contribution in [2.45, 2.75) is 45.1 Å². The molecular formula is C15H22O4. The van der Waals surface area contributed by atoms with Gasteiger partial charge in [0.05, 0.1) is 0 Å². The lowest BCUT2D eigenvalue weighted by molar-refractivity contribution is -0.306. The van der Waals surface area contributed by atoms with Crippen LogP contribution in [-0.4, -0.2) is 21.9 Å². The van der Waals surface area contributed by atoms with Crippen molar-refractivity contribution in [1.29, 1.82) is 0 Å². The molecule has 0 aromatic heterocycles. The Labute approximate surface area is 113 Å². The third-order valence-corrected chi connectivity index (χ3v) is 4.76. The van der Waals surface area contributed by atoms with E-state index in [2.05, 4.69) is 18.4 Å². The van der Waals surface area contributed by atoms with Crippen molar-refractivity contribution in [3.05, 3.63) is 23.8 Å². The highest BCUT2D eigenvalue weighted by Crippen LogP contribution is 2.48. The zero-order valence-electron chi connectivity index (χ0n) is 11.6. The molecule has 0 spiro atoms. The summed E-state index contributed by atoms with van der Waals surface area (Å²) in [5.74, 6) is -0.115. The van der Waals surface area contributed by atoms with E-state index < -0.39 is 11.6 Å². The van der Waals surface area contributed by atoms with Crippen molar-refractivity contribution in [3.8, 4) is 0 Å². The summed E-state index contributed by atoms with van der Waals surface area (Å²) >= 11 is 0. The first-order chi connectivity index (χ1) is 8.88. The highest BCUT2D eigenvalue weighted by molar-refractivity contribution is 5.87. The van der Waals surface area contributed by atoms with E-state index in [1.807, 2.05) is 13.0 Å². The van der Waals surface area contributed by atoms with E-state index in [-0.39, 0.29) is 11.5 Å². The number of hydrogen-bond acceptors (Lipinski definition) is 3. The molecule has 0 aromatic carbocycles. The molecule has 4 atom stereocenters. The summed E-state index contributed by atoms with van der Waals surface area (Å²) in [4.78, 5) is 15.8.